The van der Waals surface area contributed by atoms with Gasteiger partial charge in [0.15, 0.2) is 11.6 Å². The lowest BCUT2D eigenvalue weighted by molar-refractivity contribution is -0.137. The van der Waals surface area contributed by atoms with Gasteiger partial charge in [-0.25, -0.2) is 4.99 Å². The van der Waals surface area contributed by atoms with Crippen molar-refractivity contribution in [1.82, 2.24) is 0 Å². The van der Waals surface area contributed by atoms with Gasteiger partial charge in [0.2, 0.25) is 11.7 Å². The molecule has 2 N–H and O–H groups in total. The van der Waals surface area contributed by atoms with Crippen molar-refractivity contribution in [3.8, 4) is 0 Å². The molecule has 1 aliphatic carbocycles. The van der Waals surface area contributed by atoms with Crippen LogP contribution in [0.25, 0.3) is 0 Å². The Kier molecular flexibility index (Phi) is 4.99. The van der Waals surface area contributed by atoms with Gasteiger partial charge in [-0.2, -0.15) is 11.8 Å². The molecule has 0 saturated heterocycles. The quantitative estimate of drug-likeness (QED) is 0.884. The number of carbonyl (C=O) groups excluding carboxylic acids is 1. The van der Waals surface area contributed by atoms with Crippen LogP contribution in [0.4, 0.5) is 0 Å². The third kappa shape index (κ3) is 3.02. The number of fused-ring (bicyclic) bond motifs is 2. The molecule has 1 aromatic carbocycles. The van der Waals surface area contributed by atoms with E-state index in [1.807, 2.05) is 24.5 Å². The first-order valence-electron chi connectivity index (χ1n) is 7.89. The fraction of sp³-hybridized carbons (Fsp3) is 0.529. The molecule has 23 heavy (non-hydrogen) atoms. The summed E-state index contributed by atoms with van der Waals surface area (Å²) in [7, 11) is 0. The summed E-state index contributed by atoms with van der Waals surface area (Å²) in [6.45, 7) is 0. The minimum absolute atomic E-state index is 0.0117. The molecule has 1 aliphatic heterocycles. The third-order valence-corrected chi connectivity index (χ3v) is 5.51. The van der Waals surface area contributed by atoms with Crippen molar-refractivity contribution < 1.29 is 9.53 Å². The molecule has 3 atom stereocenters. The molecule has 0 aromatic heterocycles. The van der Waals surface area contributed by atoms with Gasteiger partial charge in [0.05, 0.1) is 6.04 Å². The number of thioether (sulfide) groups is 1. The number of benzene rings is 1. The topological polar surface area (TPSA) is 64.7 Å². The van der Waals surface area contributed by atoms with E-state index in [-0.39, 0.29) is 11.8 Å². The van der Waals surface area contributed by atoms with Gasteiger partial charge in [-0.05, 0) is 43.8 Å². The molecule has 6 heteroatoms. The summed E-state index contributed by atoms with van der Waals surface area (Å²) >= 11 is 8.11. The first-order chi connectivity index (χ1) is 11.1. The molecule has 3 rings (SSSR count). The molecule has 1 fully saturated rings. The van der Waals surface area contributed by atoms with Crippen LogP contribution >= 0.6 is 23.4 Å². The van der Waals surface area contributed by atoms with Crippen LogP contribution in [0, 0.1) is 0 Å². The Labute approximate surface area is 145 Å². The Morgan fingerprint density at radius 2 is 2.30 bits per heavy atom. The minimum atomic E-state index is -0.925. The first-order valence-corrected chi connectivity index (χ1v) is 9.66. The van der Waals surface area contributed by atoms with Crippen molar-refractivity contribution in [1.29, 1.82) is 0 Å². The number of aliphatic imine (C=N–C) groups is 1. The number of carbonyl (C=O) groups is 1. The van der Waals surface area contributed by atoms with Crippen LogP contribution in [0.3, 0.4) is 0 Å². The summed E-state index contributed by atoms with van der Waals surface area (Å²) in [5.74, 6) is 1.45. The molecule has 4 nitrogen and oxygen atoms in total. The van der Waals surface area contributed by atoms with E-state index < -0.39 is 11.6 Å². The van der Waals surface area contributed by atoms with Gasteiger partial charge < -0.3 is 10.5 Å². The number of nitrogens with two attached hydrogens (primary N) is 1. The van der Waals surface area contributed by atoms with Gasteiger partial charge in [0, 0.05) is 10.6 Å². The predicted molar refractivity (Wildman–Crippen MR) is 95.3 cm³/mol. The number of halogens is 1. The van der Waals surface area contributed by atoms with Gasteiger partial charge in [-0.1, -0.05) is 29.8 Å². The Balaban J connectivity index is 2.04. The number of nitrogens with zero attached hydrogens (tertiary/aromatic N) is 1. The van der Waals surface area contributed by atoms with Crippen LogP contribution in [-0.2, 0) is 15.1 Å². The normalized spacial score (nSPS) is 28.0. The Bertz CT molecular complexity index is 637. The number of hydrogen-bond acceptors (Lipinski definition) is 5. The van der Waals surface area contributed by atoms with Crippen molar-refractivity contribution >= 4 is 35.0 Å². The Morgan fingerprint density at radius 3 is 3.04 bits per heavy atom. The number of rotatable bonds is 5. The fourth-order valence-corrected chi connectivity index (χ4v) is 4.09. The molecular weight excluding hydrogens is 332 g/mol. The molecule has 0 radical (unpaired) electrons. The van der Waals surface area contributed by atoms with E-state index in [1.165, 1.54) is 0 Å². The van der Waals surface area contributed by atoms with E-state index >= 15 is 0 Å². The van der Waals surface area contributed by atoms with Crippen LogP contribution in [-0.4, -0.2) is 35.8 Å². The molecule has 1 heterocycles. The molecule has 2 aliphatic rings. The van der Waals surface area contributed by atoms with Crippen LogP contribution in [0.2, 0.25) is 5.02 Å². The highest BCUT2D eigenvalue weighted by atomic mass is 35.5. The molecule has 1 saturated carbocycles. The van der Waals surface area contributed by atoms with Crippen LogP contribution in [0.5, 0.6) is 0 Å². The van der Waals surface area contributed by atoms with Crippen molar-refractivity contribution in [2.24, 2.45) is 10.7 Å². The van der Waals surface area contributed by atoms with E-state index in [2.05, 4.69) is 0 Å². The number of ether oxygens (including phenoxy) is 1. The van der Waals surface area contributed by atoms with Gasteiger partial charge in [-0.15, -0.1) is 0 Å². The van der Waals surface area contributed by atoms with Crippen molar-refractivity contribution in [2.45, 2.75) is 43.4 Å². The zero-order chi connectivity index (χ0) is 16.4. The van der Waals surface area contributed by atoms with E-state index in [0.29, 0.717) is 17.3 Å². The average Bonchev–Trinajstić information content (AvgIpc) is 2.53. The molecule has 1 aromatic rings. The van der Waals surface area contributed by atoms with Gasteiger partial charge in [0.25, 0.3) is 0 Å². The summed E-state index contributed by atoms with van der Waals surface area (Å²) in [5, 5.41) is 0.573. The third-order valence-electron chi connectivity index (χ3n) is 4.54. The maximum absolute atomic E-state index is 12.9. The second-order valence-electron chi connectivity index (χ2n) is 6.04. The van der Waals surface area contributed by atoms with E-state index in [0.717, 1.165) is 30.6 Å². The Hall–Kier alpha value is -1.04. The zero-order valence-corrected chi connectivity index (χ0v) is 14.7. The van der Waals surface area contributed by atoms with Crippen LogP contribution < -0.4 is 5.73 Å². The fourth-order valence-electron chi connectivity index (χ4n) is 3.31. The van der Waals surface area contributed by atoms with Crippen molar-refractivity contribution in [3.63, 3.8) is 0 Å². The van der Waals surface area contributed by atoms with Gasteiger partial charge >= 0.3 is 0 Å². The second-order valence-corrected chi connectivity index (χ2v) is 7.43. The summed E-state index contributed by atoms with van der Waals surface area (Å²) in [5.41, 5.74) is 6.09. The van der Waals surface area contributed by atoms with Gasteiger partial charge in [-0.3, -0.25) is 4.79 Å². The zero-order valence-electron chi connectivity index (χ0n) is 13.1. The molecule has 124 valence electrons. The van der Waals surface area contributed by atoms with Crippen LogP contribution in [0.15, 0.2) is 29.3 Å². The van der Waals surface area contributed by atoms with Crippen molar-refractivity contribution in [2.75, 3.05) is 12.0 Å². The summed E-state index contributed by atoms with van der Waals surface area (Å²) in [4.78, 5) is 17.7. The molecule has 0 spiro atoms. The Morgan fingerprint density at radius 1 is 1.52 bits per heavy atom. The SMILES string of the molecule is CSCCC(N)C1=NC2(c3ccccc3Cl)CCC[C@H](O1)C2=O. The number of Topliss-reactive ketones (excluding diaryl/α,β-unsaturated/α-hetero) is 1. The summed E-state index contributed by atoms with van der Waals surface area (Å²) < 4.78 is 5.84. The lowest BCUT2D eigenvalue weighted by Gasteiger charge is -2.42. The predicted octanol–water partition coefficient (Wildman–Crippen LogP) is 3.17. The monoisotopic (exact) mass is 352 g/mol. The molecule has 0 amide bonds. The second kappa shape index (κ2) is 6.83. The van der Waals surface area contributed by atoms with Crippen LogP contribution in [0.1, 0.15) is 31.2 Å². The molecule has 2 bridgehead atoms. The lowest BCUT2D eigenvalue weighted by Crippen LogP contribution is -2.54. The molecule has 2 unspecified atom stereocenters. The number of ketones is 1. The first kappa shape index (κ1) is 16.8. The number of hydrogen-bond donors (Lipinski definition) is 1. The minimum Gasteiger partial charge on any atom is -0.468 e. The van der Waals surface area contributed by atoms with E-state index in [1.54, 1.807) is 17.8 Å². The summed E-state index contributed by atoms with van der Waals surface area (Å²) in [6, 6.07) is 7.17. The van der Waals surface area contributed by atoms with Crippen molar-refractivity contribution in [3.05, 3.63) is 34.9 Å². The van der Waals surface area contributed by atoms with E-state index in [4.69, 9.17) is 27.1 Å². The average molecular weight is 353 g/mol. The smallest absolute Gasteiger partial charge is 0.205 e. The largest absolute Gasteiger partial charge is 0.468 e. The lowest BCUT2D eigenvalue weighted by atomic mass is 9.73. The standard InChI is InChI=1S/C17H21ClN2O2S/c1-23-10-8-13(19)16-20-17(11-5-2-3-6-12(11)18)9-4-7-14(22-16)15(17)21/h2-3,5-6,13-14H,4,7-10,19H2,1H3/t13?,14-,17?/m0/s1. The van der Waals surface area contributed by atoms with E-state index in [9.17, 15) is 4.79 Å². The highest BCUT2D eigenvalue weighted by molar-refractivity contribution is 7.98. The van der Waals surface area contributed by atoms with Gasteiger partial charge in [0.1, 0.15) is 0 Å². The highest BCUT2D eigenvalue weighted by Crippen LogP contribution is 2.44. The maximum Gasteiger partial charge on any atom is 0.205 e. The summed E-state index contributed by atoms with van der Waals surface area (Å²) in [6.07, 6.45) is 4.64. The molecular formula is C17H21ClN2O2S. The highest BCUT2D eigenvalue weighted by Gasteiger charge is 2.52. The maximum atomic E-state index is 12.9.